The molecule has 0 aliphatic heterocycles. The molecular weight excluding hydrogens is 421 g/mol. The summed E-state index contributed by atoms with van der Waals surface area (Å²) in [6.45, 7) is 9.14. The van der Waals surface area contributed by atoms with Gasteiger partial charge in [0.25, 0.3) is 5.91 Å². The Hall–Kier alpha value is -1.43. The van der Waals surface area contributed by atoms with Gasteiger partial charge < -0.3 is 10.1 Å². The first-order chi connectivity index (χ1) is 13.0. The van der Waals surface area contributed by atoms with E-state index in [1.807, 2.05) is 6.92 Å². The Bertz CT molecular complexity index is 834. The van der Waals surface area contributed by atoms with Crippen molar-refractivity contribution in [3.05, 3.63) is 44.2 Å². The van der Waals surface area contributed by atoms with Crippen molar-refractivity contribution in [1.82, 2.24) is 15.1 Å². The normalized spacial score (nSPS) is 11.6. The molecule has 154 valence electrons. The number of aryl methyl sites for hydroxylation is 2. The van der Waals surface area contributed by atoms with Crippen LogP contribution in [0.1, 0.15) is 55.9 Å². The molecule has 1 aromatic heterocycles. The number of benzene rings is 1. The number of carbonyl (C=O) groups is 1. The maximum absolute atomic E-state index is 12.5. The predicted octanol–water partition coefficient (Wildman–Crippen LogP) is 5.69. The minimum atomic E-state index is -0.308. The quantitative estimate of drug-likeness (QED) is 0.594. The lowest BCUT2D eigenvalue weighted by molar-refractivity contribution is 0.0941. The first-order valence-electron chi connectivity index (χ1n) is 9.13. The lowest BCUT2D eigenvalue weighted by Crippen LogP contribution is -2.25. The van der Waals surface area contributed by atoms with Gasteiger partial charge in [0.1, 0.15) is 5.69 Å². The van der Waals surface area contributed by atoms with Gasteiger partial charge >= 0.3 is 0 Å². The van der Waals surface area contributed by atoms with Crippen LogP contribution in [0.5, 0.6) is 5.75 Å². The van der Waals surface area contributed by atoms with Crippen molar-refractivity contribution >= 4 is 40.7 Å². The van der Waals surface area contributed by atoms with Crippen molar-refractivity contribution in [1.29, 1.82) is 0 Å². The van der Waals surface area contributed by atoms with Crippen LogP contribution in [0.2, 0.25) is 15.1 Å². The SMILES string of the molecule is CCc1nn(C)c(C(=O)NCc2cc(Cl)c(OCCC(C)(C)C)c(Cl)c2)c1Cl. The Morgan fingerprint density at radius 2 is 1.82 bits per heavy atom. The van der Waals surface area contributed by atoms with E-state index in [0.717, 1.165) is 12.0 Å². The van der Waals surface area contributed by atoms with Crippen LogP contribution in [0.15, 0.2) is 12.1 Å². The Morgan fingerprint density at radius 1 is 1.21 bits per heavy atom. The molecule has 0 unspecified atom stereocenters. The molecule has 1 N–H and O–H groups in total. The van der Waals surface area contributed by atoms with E-state index >= 15 is 0 Å². The van der Waals surface area contributed by atoms with Crippen molar-refractivity contribution in [3.63, 3.8) is 0 Å². The number of hydrogen-bond acceptors (Lipinski definition) is 3. The van der Waals surface area contributed by atoms with Crippen LogP contribution in [0.25, 0.3) is 0 Å². The summed E-state index contributed by atoms with van der Waals surface area (Å²) in [5, 5.41) is 8.29. The van der Waals surface area contributed by atoms with Crippen LogP contribution in [0.3, 0.4) is 0 Å². The van der Waals surface area contributed by atoms with E-state index in [1.165, 1.54) is 4.68 Å². The number of amides is 1. The predicted molar refractivity (Wildman–Crippen MR) is 115 cm³/mol. The Kier molecular flexibility index (Phi) is 7.66. The number of nitrogens with one attached hydrogen (secondary N) is 1. The number of rotatable bonds is 7. The molecule has 0 radical (unpaired) electrons. The fourth-order valence-electron chi connectivity index (χ4n) is 2.60. The Balaban J connectivity index is 2.05. The van der Waals surface area contributed by atoms with Gasteiger partial charge in [-0.1, -0.05) is 62.5 Å². The van der Waals surface area contributed by atoms with Crippen molar-refractivity contribution in [3.8, 4) is 5.75 Å². The second-order valence-corrected chi connectivity index (χ2v) is 9.01. The molecule has 5 nitrogen and oxygen atoms in total. The molecule has 0 aliphatic carbocycles. The lowest BCUT2D eigenvalue weighted by atomic mass is 9.93. The van der Waals surface area contributed by atoms with Gasteiger partial charge in [-0.2, -0.15) is 5.10 Å². The van der Waals surface area contributed by atoms with Crippen LogP contribution in [-0.2, 0) is 20.0 Å². The van der Waals surface area contributed by atoms with E-state index in [9.17, 15) is 4.79 Å². The Morgan fingerprint density at radius 3 is 2.32 bits per heavy atom. The van der Waals surface area contributed by atoms with Crippen molar-refractivity contribution in [2.75, 3.05) is 6.61 Å². The summed E-state index contributed by atoms with van der Waals surface area (Å²) in [6, 6.07) is 3.48. The van der Waals surface area contributed by atoms with Crippen molar-refractivity contribution in [2.45, 2.75) is 47.1 Å². The number of nitrogens with zero attached hydrogens (tertiary/aromatic N) is 2. The zero-order valence-corrected chi connectivity index (χ0v) is 19.1. The molecule has 2 aromatic rings. The average molecular weight is 447 g/mol. The number of hydrogen-bond donors (Lipinski definition) is 1. The fraction of sp³-hybridized carbons (Fsp3) is 0.500. The summed E-state index contributed by atoms with van der Waals surface area (Å²) in [5.74, 6) is 0.155. The van der Waals surface area contributed by atoms with Crippen molar-refractivity contribution in [2.24, 2.45) is 12.5 Å². The van der Waals surface area contributed by atoms with Crippen LogP contribution in [0, 0.1) is 5.41 Å². The van der Waals surface area contributed by atoms with E-state index in [-0.39, 0.29) is 17.9 Å². The van der Waals surface area contributed by atoms with E-state index in [0.29, 0.717) is 45.2 Å². The molecule has 0 fully saturated rings. The Labute approximate surface area is 181 Å². The summed E-state index contributed by atoms with van der Waals surface area (Å²) < 4.78 is 7.25. The highest BCUT2D eigenvalue weighted by Gasteiger charge is 2.20. The van der Waals surface area contributed by atoms with E-state index < -0.39 is 0 Å². The van der Waals surface area contributed by atoms with E-state index in [1.54, 1.807) is 19.2 Å². The van der Waals surface area contributed by atoms with Gasteiger partial charge in [0.2, 0.25) is 0 Å². The van der Waals surface area contributed by atoms with Crippen LogP contribution < -0.4 is 10.1 Å². The zero-order valence-electron chi connectivity index (χ0n) is 16.8. The molecule has 28 heavy (non-hydrogen) atoms. The van der Waals surface area contributed by atoms with Gasteiger partial charge in [-0.05, 0) is 36.0 Å². The van der Waals surface area contributed by atoms with Crippen molar-refractivity contribution < 1.29 is 9.53 Å². The number of carbonyl (C=O) groups excluding carboxylic acids is 1. The minimum Gasteiger partial charge on any atom is -0.490 e. The van der Waals surface area contributed by atoms with Crippen LogP contribution in [0.4, 0.5) is 0 Å². The zero-order chi connectivity index (χ0) is 21.1. The summed E-state index contributed by atoms with van der Waals surface area (Å²) in [5.41, 5.74) is 1.95. The third kappa shape index (κ3) is 5.79. The molecular formula is C20H26Cl3N3O2. The molecule has 1 heterocycles. The highest BCUT2D eigenvalue weighted by atomic mass is 35.5. The molecule has 0 atom stereocenters. The summed E-state index contributed by atoms with van der Waals surface area (Å²) in [6.07, 6.45) is 1.53. The average Bonchev–Trinajstić information content (AvgIpc) is 2.88. The van der Waals surface area contributed by atoms with E-state index in [2.05, 4.69) is 31.2 Å². The lowest BCUT2D eigenvalue weighted by Gasteiger charge is -2.19. The highest BCUT2D eigenvalue weighted by molar-refractivity contribution is 6.37. The molecule has 0 saturated carbocycles. The third-order valence-corrected chi connectivity index (χ3v) is 5.17. The van der Waals surface area contributed by atoms with Gasteiger partial charge in [-0.3, -0.25) is 9.48 Å². The molecule has 0 spiro atoms. The van der Waals surface area contributed by atoms with E-state index in [4.69, 9.17) is 39.5 Å². The summed E-state index contributed by atoms with van der Waals surface area (Å²) >= 11 is 18.9. The molecule has 0 saturated heterocycles. The molecule has 0 aliphatic rings. The standard InChI is InChI=1S/C20H26Cl3N3O2/c1-6-15-16(23)17(26(5)25-15)19(27)24-11-12-9-13(21)18(14(22)10-12)28-8-7-20(2,3)4/h9-10H,6-8,11H2,1-5H3,(H,24,27). The van der Waals surface area contributed by atoms with Gasteiger partial charge in [-0.15, -0.1) is 0 Å². The second kappa shape index (κ2) is 9.38. The van der Waals surface area contributed by atoms with Gasteiger partial charge in [-0.25, -0.2) is 0 Å². The number of ether oxygens (including phenoxy) is 1. The highest BCUT2D eigenvalue weighted by Crippen LogP contribution is 2.35. The minimum absolute atomic E-state index is 0.161. The van der Waals surface area contributed by atoms with Gasteiger partial charge in [0.05, 0.1) is 27.4 Å². The number of halogens is 3. The first kappa shape index (κ1) is 22.9. The molecule has 1 amide bonds. The summed E-state index contributed by atoms with van der Waals surface area (Å²) in [4.78, 5) is 12.5. The topological polar surface area (TPSA) is 56.2 Å². The van der Waals surface area contributed by atoms with Gasteiger partial charge in [0, 0.05) is 13.6 Å². The second-order valence-electron chi connectivity index (χ2n) is 7.82. The third-order valence-electron chi connectivity index (χ3n) is 4.22. The maximum atomic E-state index is 12.5. The molecule has 2 rings (SSSR count). The van der Waals surface area contributed by atoms with Gasteiger partial charge in [0.15, 0.2) is 5.75 Å². The molecule has 1 aromatic carbocycles. The largest absolute Gasteiger partial charge is 0.490 e. The number of aromatic nitrogens is 2. The first-order valence-corrected chi connectivity index (χ1v) is 10.3. The monoisotopic (exact) mass is 445 g/mol. The summed E-state index contributed by atoms with van der Waals surface area (Å²) in [7, 11) is 1.69. The molecule has 0 bridgehead atoms. The molecule has 8 heteroatoms. The van der Waals surface area contributed by atoms with Crippen LogP contribution >= 0.6 is 34.8 Å². The smallest absolute Gasteiger partial charge is 0.271 e. The maximum Gasteiger partial charge on any atom is 0.271 e. The van der Waals surface area contributed by atoms with Crippen LogP contribution in [-0.4, -0.2) is 22.3 Å². The fourth-order valence-corrected chi connectivity index (χ4v) is 3.62.